The number of H-pyrrole nitrogens is 1. The highest BCUT2D eigenvalue weighted by molar-refractivity contribution is 5.91. The van der Waals surface area contributed by atoms with Gasteiger partial charge >= 0.3 is 0 Å². The van der Waals surface area contributed by atoms with E-state index in [-0.39, 0.29) is 17.7 Å². The van der Waals surface area contributed by atoms with Gasteiger partial charge in [-0.1, -0.05) is 84.9 Å². The monoisotopic (exact) mass is 504 g/mol. The molecular formula is C32H32N4O2. The van der Waals surface area contributed by atoms with Crippen LogP contribution in [0.15, 0.2) is 97.5 Å². The molecule has 4 aromatic carbocycles. The molecule has 0 fully saturated rings. The zero-order chi connectivity index (χ0) is 26.3. The van der Waals surface area contributed by atoms with Crippen LogP contribution in [0.2, 0.25) is 0 Å². The molecule has 1 atom stereocenters. The number of aromatic amines is 1. The topological polar surface area (TPSA) is 86.9 Å². The molecular weight excluding hydrogens is 472 g/mol. The summed E-state index contributed by atoms with van der Waals surface area (Å²) in [7, 11) is 0. The quantitative estimate of drug-likeness (QED) is 0.251. The molecule has 5 rings (SSSR count). The molecule has 1 aromatic heterocycles. The molecule has 0 aliphatic heterocycles. The minimum atomic E-state index is -0.703. The van der Waals surface area contributed by atoms with E-state index in [4.69, 9.17) is 0 Å². The van der Waals surface area contributed by atoms with E-state index >= 15 is 0 Å². The number of likely N-dealkylation sites (N-methyl/N-ethyl adjacent to an activating group) is 1. The second-order valence-electron chi connectivity index (χ2n) is 9.62. The van der Waals surface area contributed by atoms with Gasteiger partial charge in [-0.05, 0) is 52.4 Å². The van der Waals surface area contributed by atoms with Crippen LogP contribution in [0.3, 0.4) is 0 Å². The van der Waals surface area contributed by atoms with E-state index in [0.717, 1.165) is 38.4 Å². The van der Waals surface area contributed by atoms with Crippen molar-refractivity contribution in [3.05, 3.63) is 114 Å². The van der Waals surface area contributed by atoms with E-state index in [0.29, 0.717) is 25.8 Å². The minimum absolute atomic E-state index is 0.137. The van der Waals surface area contributed by atoms with E-state index in [9.17, 15) is 9.59 Å². The highest BCUT2D eigenvalue weighted by Gasteiger charge is 2.27. The molecule has 5 aromatic rings. The second kappa shape index (κ2) is 11.7. The Morgan fingerprint density at radius 2 is 1.34 bits per heavy atom. The average molecular weight is 505 g/mol. The summed E-state index contributed by atoms with van der Waals surface area (Å²) in [5.41, 5.74) is 3.03. The molecule has 0 spiro atoms. The van der Waals surface area contributed by atoms with Crippen LogP contribution in [0.25, 0.3) is 21.5 Å². The molecule has 192 valence electrons. The number of rotatable bonds is 10. The van der Waals surface area contributed by atoms with Crippen molar-refractivity contribution < 1.29 is 9.59 Å². The number of fused-ring (bicyclic) bond motifs is 2. The largest absolute Gasteiger partial charge is 0.355 e. The Hall–Kier alpha value is -4.45. The van der Waals surface area contributed by atoms with Gasteiger partial charge in [0.1, 0.15) is 6.04 Å². The van der Waals surface area contributed by atoms with Crippen molar-refractivity contribution in [1.82, 2.24) is 20.6 Å². The number of amides is 2. The highest BCUT2D eigenvalue weighted by Crippen LogP contribution is 2.26. The van der Waals surface area contributed by atoms with E-state index in [1.807, 2.05) is 43.3 Å². The van der Waals surface area contributed by atoms with Gasteiger partial charge in [0.05, 0.1) is 6.33 Å². The summed E-state index contributed by atoms with van der Waals surface area (Å²) in [5, 5.41) is 10.5. The first-order valence-corrected chi connectivity index (χ1v) is 13.1. The maximum Gasteiger partial charge on any atom is 0.242 e. The molecule has 6 nitrogen and oxygen atoms in total. The summed E-state index contributed by atoms with van der Waals surface area (Å²) < 4.78 is 0. The molecule has 1 unspecified atom stereocenters. The lowest BCUT2D eigenvalue weighted by Gasteiger charge is -2.23. The predicted molar refractivity (Wildman–Crippen MR) is 152 cm³/mol. The maximum absolute atomic E-state index is 14.0. The number of carbonyl (C=O) groups excluding carboxylic acids is 2. The lowest BCUT2D eigenvalue weighted by molar-refractivity contribution is -0.131. The maximum atomic E-state index is 14.0. The summed E-state index contributed by atoms with van der Waals surface area (Å²) in [6, 6.07) is 28.3. The number of imidazole rings is 1. The van der Waals surface area contributed by atoms with Crippen molar-refractivity contribution in [3.8, 4) is 0 Å². The van der Waals surface area contributed by atoms with Gasteiger partial charge in [0, 0.05) is 30.8 Å². The molecule has 3 N–H and O–H groups in total. The first-order valence-electron chi connectivity index (χ1n) is 13.1. The van der Waals surface area contributed by atoms with E-state index in [1.54, 1.807) is 12.5 Å². The van der Waals surface area contributed by atoms with Crippen molar-refractivity contribution in [1.29, 1.82) is 0 Å². The van der Waals surface area contributed by atoms with Crippen LogP contribution < -0.4 is 10.6 Å². The van der Waals surface area contributed by atoms with E-state index < -0.39 is 6.04 Å². The standard InChI is InChI=1S/C32H32N4O2/c1-2-34-32(38)30(19-27-20-33-21-35-27)36-31(37)26(17-24-13-7-11-22-9-3-5-15-28(22)24)18-25-14-8-12-23-10-4-6-16-29(23)25/h3-16,20-21,26,30H,2,17-19H2,1H3,(H,33,35)(H,34,38)(H,36,37). The van der Waals surface area contributed by atoms with Crippen LogP contribution >= 0.6 is 0 Å². The molecule has 1 heterocycles. The van der Waals surface area contributed by atoms with Crippen LogP contribution in [0, 0.1) is 5.92 Å². The summed E-state index contributed by atoms with van der Waals surface area (Å²) in [6.45, 7) is 2.36. The molecule has 6 heteroatoms. The van der Waals surface area contributed by atoms with Gasteiger partial charge in [0.2, 0.25) is 11.8 Å². The number of carbonyl (C=O) groups is 2. The first-order chi connectivity index (χ1) is 18.6. The predicted octanol–water partition coefficient (Wildman–Crippen LogP) is 4.98. The number of hydrogen-bond donors (Lipinski definition) is 3. The van der Waals surface area contributed by atoms with Crippen molar-refractivity contribution in [2.75, 3.05) is 6.54 Å². The fourth-order valence-corrected chi connectivity index (χ4v) is 5.14. The third kappa shape index (κ3) is 5.75. The Bertz CT molecular complexity index is 1450. The Morgan fingerprint density at radius 1 is 0.763 bits per heavy atom. The number of nitrogens with zero attached hydrogens (tertiary/aromatic N) is 1. The van der Waals surface area contributed by atoms with E-state index in [1.165, 1.54) is 0 Å². The molecule has 0 radical (unpaired) electrons. The van der Waals surface area contributed by atoms with Gasteiger partial charge in [-0.25, -0.2) is 4.98 Å². The van der Waals surface area contributed by atoms with Crippen LogP contribution in [-0.2, 0) is 28.9 Å². The molecule has 0 bridgehead atoms. The van der Waals surface area contributed by atoms with Gasteiger partial charge in [-0.15, -0.1) is 0 Å². The molecule has 2 amide bonds. The van der Waals surface area contributed by atoms with Crippen LogP contribution in [0.4, 0.5) is 0 Å². The third-order valence-corrected chi connectivity index (χ3v) is 7.03. The Kier molecular flexibility index (Phi) is 7.78. The fourth-order valence-electron chi connectivity index (χ4n) is 5.14. The Morgan fingerprint density at radius 3 is 1.89 bits per heavy atom. The average Bonchev–Trinajstić information content (AvgIpc) is 3.46. The van der Waals surface area contributed by atoms with E-state index in [2.05, 4.69) is 69.1 Å². The molecule has 0 saturated carbocycles. The summed E-state index contributed by atoms with van der Waals surface area (Å²) >= 11 is 0. The second-order valence-corrected chi connectivity index (χ2v) is 9.62. The molecule has 38 heavy (non-hydrogen) atoms. The van der Waals surface area contributed by atoms with Gasteiger partial charge in [0.25, 0.3) is 0 Å². The van der Waals surface area contributed by atoms with Gasteiger partial charge < -0.3 is 15.6 Å². The highest BCUT2D eigenvalue weighted by atomic mass is 16.2. The van der Waals surface area contributed by atoms with Crippen LogP contribution in [0.5, 0.6) is 0 Å². The SMILES string of the molecule is CCNC(=O)C(Cc1cnc[nH]1)NC(=O)C(Cc1cccc2ccccc12)Cc1cccc2ccccc12. The van der Waals surface area contributed by atoms with Crippen molar-refractivity contribution >= 4 is 33.4 Å². The third-order valence-electron chi connectivity index (χ3n) is 7.03. The summed E-state index contributed by atoms with van der Waals surface area (Å²) in [4.78, 5) is 34.0. The van der Waals surface area contributed by atoms with Crippen LogP contribution in [0.1, 0.15) is 23.7 Å². The van der Waals surface area contributed by atoms with Gasteiger partial charge in [0.15, 0.2) is 0 Å². The van der Waals surface area contributed by atoms with Crippen molar-refractivity contribution in [3.63, 3.8) is 0 Å². The van der Waals surface area contributed by atoms with Gasteiger partial charge in [-0.3, -0.25) is 9.59 Å². The zero-order valence-corrected chi connectivity index (χ0v) is 21.5. The molecule has 0 saturated heterocycles. The zero-order valence-electron chi connectivity index (χ0n) is 21.5. The number of nitrogens with one attached hydrogen (secondary N) is 3. The molecule has 0 aliphatic carbocycles. The smallest absolute Gasteiger partial charge is 0.242 e. The van der Waals surface area contributed by atoms with Gasteiger partial charge in [-0.2, -0.15) is 0 Å². The van der Waals surface area contributed by atoms with Crippen molar-refractivity contribution in [2.24, 2.45) is 5.92 Å². The van der Waals surface area contributed by atoms with Crippen LogP contribution in [-0.4, -0.2) is 34.4 Å². The van der Waals surface area contributed by atoms with Crippen molar-refractivity contribution in [2.45, 2.75) is 32.2 Å². The normalized spacial score (nSPS) is 12.1. The minimum Gasteiger partial charge on any atom is -0.355 e. The Labute approximate surface area is 222 Å². The first kappa shape index (κ1) is 25.2. The number of hydrogen-bond acceptors (Lipinski definition) is 3. The number of benzene rings is 4. The molecule has 0 aliphatic rings. The summed E-state index contributed by atoms with van der Waals surface area (Å²) in [5.74, 6) is -0.712. The lowest BCUT2D eigenvalue weighted by atomic mass is 9.87. The summed E-state index contributed by atoms with van der Waals surface area (Å²) in [6.07, 6.45) is 4.72. The Balaban J connectivity index is 1.48. The lowest BCUT2D eigenvalue weighted by Crippen LogP contribution is -2.50. The fraction of sp³-hybridized carbons (Fsp3) is 0.219. The number of aromatic nitrogens is 2.